The van der Waals surface area contributed by atoms with Gasteiger partial charge in [-0.05, 0) is 19.4 Å². The Bertz CT molecular complexity index is 263. The summed E-state index contributed by atoms with van der Waals surface area (Å²) in [6.07, 6.45) is 2.04. The molecule has 0 aliphatic carbocycles. The molecule has 0 aromatic carbocycles. The van der Waals surface area contributed by atoms with Crippen molar-refractivity contribution in [1.29, 1.82) is 0 Å². The van der Waals surface area contributed by atoms with Crippen LogP contribution >= 0.6 is 0 Å². The zero-order valence-corrected chi connectivity index (χ0v) is 9.09. The number of piperidine rings is 1. The Hall–Kier alpha value is -0.170. The number of hydrogen-bond donors (Lipinski definition) is 2. The van der Waals surface area contributed by atoms with Gasteiger partial charge in [-0.2, -0.15) is 8.42 Å². The number of aliphatic hydroxyl groups is 1. The summed E-state index contributed by atoms with van der Waals surface area (Å²) in [7, 11) is -3.38. The van der Waals surface area contributed by atoms with E-state index in [2.05, 4.69) is 5.32 Å². The summed E-state index contributed by atoms with van der Waals surface area (Å²) in [5, 5.41) is 12.0. The predicted octanol–water partition coefficient (Wildman–Crippen LogP) is -0.677. The number of hydrogen-bond acceptors (Lipinski definition) is 5. The van der Waals surface area contributed by atoms with Crippen LogP contribution in [-0.4, -0.2) is 45.6 Å². The molecule has 6 heteroatoms. The molecule has 0 aromatic heterocycles. The molecule has 5 nitrogen and oxygen atoms in total. The number of rotatable bonds is 4. The molecule has 2 N–H and O–H groups in total. The van der Waals surface area contributed by atoms with Crippen molar-refractivity contribution in [3.63, 3.8) is 0 Å². The Kier molecular flexibility index (Phi) is 4.31. The van der Waals surface area contributed by atoms with Crippen LogP contribution < -0.4 is 5.32 Å². The lowest BCUT2D eigenvalue weighted by molar-refractivity contribution is 0.0909. The summed E-state index contributed by atoms with van der Waals surface area (Å²) < 4.78 is 26.9. The third-order valence-electron chi connectivity index (χ3n) is 2.34. The lowest BCUT2D eigenvalue weighted by Crippen LogP contribution is -2.42. The second-order valence-electron chi connectivity index (χ2n) is 3.60. The summed E-state index contributed by atoms with van der Waals surface area (Å²) in [6.45, 7) is 1.54. The fourth-order valence-electron chi connectivity index (χ4n) is 1.70. The van der Waals surface area contributed by atoms with Crippen molar-refractivity contribution in [2.75, 3.05) is 26.0 Å². The summed E-state index contributed by atoms with van der Waals surface area (Å²) in [5.74, 6) is 0.0866. The van der Waals surface area contributed by atoms with Crippen LogP contribution in [0.2, 0.25) is 0 Å². The lowest BCUT2D eigenvalue weighted by atomic mass is 9.93. The van der Waals surface area contributed by atoms with Crippen molar-refractivity contribution in [3.05, 3.63) is 0 Å². The van der Waals surface area contributed by atoms with Crippen LogP contribution in [0, 0.1) is 5.92 Å². The maximum absolute atomic E-state index is 10.9. The standard InChI is InChI=1S/C8H17NO4S/c1-14(11,12)13-8-2-4-9-6-7(8)3-5-10/h7-10H,2-6H2,1H3. The van der Waals surface area contributed by atoms with E-state index in [1.807, 2.05) is 0 Å². The van der Waals surface area contributed by atoms with Gasteiger partial charge >= 0.3 is 0 Å². The van der Waals surface area contributed by atoms with E-state index >= 15 is 0 Å². The van der Waals surface area contributed by atoms with Crippen molar-refractivity contribution in [2.24, 2.45) is 5.92 Å². The van der Waals surface area contributed by atoms with Crippen LogP contribution in [0.3, 0.4) is 0 Å². The molecule has 2 unspecified atom stereocenters. The van der Waals surface area contributed by atoms with Crippen LogP contribution in [0.15, 0.2) is 0 Å². The lowest BCUT2D eigenvalue weighted by Gasteiger charge is -2.30. The molecule has 1 fully saturated rings. The topological polar surface area (TPSA) is 75.6 Å². The molecule has 1 rings (SSSR count). The van der Waals surface area contributed by atoms with Crippen LogP contribution in [0.5, 0.6) is 0 Å². The fourth-order valence-corrected chi connectivity index (χ4v) is 2.41. The summed E-state index contributed by atoms with van der Waals surface area (Å²) >= 11 is 0. The average molecular weight is 223 g/mol. The van der Waals surface area contributed by atoms with Crippen molar-refractivity contribution < 1.29 is 17.7 Å². The van der Waals surface area contributed by atoms with Gasteiger partial charge in [0.2, 0.25) is 0 Å². The van der Waals surface area contributed by atoms with E-state index in [0.717, 1.165) is 12.8 Å². The maximum atomic E-state index is 10.9. The van der Waals surface area contributed by atoms with Gasteiger partial charge in [-0.25, -0.2) is 0 Å². The van der Waals surface area contributed by atoms with E-state index in [1.165, 1.54) is 0 Å². The van der Waals surface area contributed by atoms with Gasteiger partial charge < -0.3 is 10.4 Å². The highest BCUT2D eigenvalue weighted by Crippen LogP contribution is 2.19. The highest BCUT2D eigenvalue weighted by molar-refractivity contribution is 7.86. The SMILES string of the molecule is CS(=O)(=O)OC1CCNCC1CCO. The van der Waals surface area contributed by atoms with Crippen LogP contribution in [0.1, 0.15) is 12.8 Å². The van der Waals surface area contributed by atoms with E-state index in [4.69, 9.17) is 9.29 Å². The summed E-state index contributed by atoms with van der Waals surface area (Å²) in [4.78, 5) is 0. The first-order valence-corrected chi connectivity index (χ1v) is 6.54. The molecule has 0 spiro atoms. The number of aliphatic hydroxyl groups excluding tert-OH is 1. The summed E-state index contributed by atoms with van der Waals surface area (Å²) in [5.41, 5.74) is 0. The molecule has 14 heavy (non-hydrogen) atoms. The molecule has 84 valence electrons. The third-order valence-corrected chi connectivity index (χ3v) is 2.93. The van der Waals surface area contributed by atoms with Gasteiger partial charge in [0, 0.05) is 19.1 Å². The third kappa shape index (κ3) is 3.91. The Labute approximate surface area is 84.6 Å². The molecule has 0 radical (unpaired) electrons. The van der Waals surface area contributed by atoms with Crippen LogP contribution in [-0.2, 0) is 14.3 Å². The maximum Gasteiger partial charge on any atom is 0.264 e. The summed E-state index contributed by atoms with van der Waals surface area (Å²) in [6, 6.07) is 0. The highest BCUT2D eigenvalue weighted by atomic mass is 32.2. The van der Waals surface area contributed by atoms with Gasteiger partial charge in [-0.15, -0.1) is 0 Å². The zero-order chi connectivity index (χ0) is 10.6. The predicted molar refractivity (Wildman–Crippen MR) is 52.4 cm³/mol. The smallest absolute Gasteiger partial charge is 0.264 e. The molecule has 1 aliphatic heterocycles. The van der Waals surface area contributed by atoms with Crippen LogP contribution in [0.4, 0.5) is 0 Å². The first-order chi connectivity index (χ1) is 6.53. The van der Waals surface area contributed by atoms with Crippen molar-refractivity contribution in [1.82, 2.24) is 5.32 Å². The Morgan fingerprint density at radius 2 is 2.29 bits per heavy atom. The molecule has 0 aromatic rings. The van der Waals surface area contributed by atoms with Crippen molar-refractivity contribution in [2.45, 2.75) is 18.9 Å². The molecular weight excluding hydrogens is 206 g/mol. The van der Waals surface area contributed by atoms with Crippen LogP contribution in [0.25, 0.3) is 0 Å². The van der Waals surface area contributed by atoms with E-state index in [-0.39, 0.29) is 18.6 Å². The molecular formula is C8H17NO4S. The highest BCUT2D eigenvalue weighted by Gasteiger charge is 2.28. The van der Waals surface area contributed by atoms with E-state index < -0.39 is 10.1 Å². The monoisotopic (exact) mass is 223 g/mol. The fraction of sp³-hybridized carbons (Fsp3) is 1.00. The molecule has 1 aliphatic rings. The Balaban J connectivity index is 2.54. The molecule has 1 saturated heterocycles. The van der Waals surface area contributed by atoms with Gasteiger partial charge in [0.15, 0.2) is 0 Å². The van der Waals surface area contributed by atoms with Gasteiger partial charge in [0.25, 0.3) is 10.1 Å². The zero-order valence-electron chi connectivity index (χ0n) is 8.27. The minimum Gasteiger partial charge on any atom is -0.396 e. The second kappa shape index (κ2) is 5.06. The second-order valence-corrected chi connectivity index (χ2v) is 5.20. The minimum atomic E-state index is -3.38. The molecule has 0 bridgehead atoms. The first kappa shape index (κ1) is 11.9. The first-order valence-electron chi connectivity index (χ1n) is 4.73. The average Bonchev–Trinajstić information content (AvgIpc) is 2.06. The van der Waals surface area contributed by atoms with Gasteiger partial charge in [0.05, 0.1) is 12.4 Å². The largest absolute Gasteiger partial charge is 0.396 e. The normalized spacial score (nSPS) is 29.0. The van der Waals surface area contributed by atoms with E-state index in [1.54, 1.807) is 0 Å². The van der Waals surface area contributed by atoms with E-state index in [9.17, 15) is 8.42 Å². The minimum absolute atomic E-state index is 0.0654. The Morgan fingerprint density at radius 1 is 1.57 bits per heavy atom. The molecule has 0 saturated carbocycles. The quantitative estimate of drug-likeness (QED) is 0.618. The van der Waals surface area contributed by atoms with Crippen molar-refractivity contribution in [3.8, 4) is 0 Å². The molecule has 1 heterocycles. The van der Waals surface area contributed by atoms with E-state index in [0.29, 0.717) is 19.4 Å². The van der Waals surface area contributed by atoms with Gasteiger partial charge in [-0.1, -0.05) is 0 Å². The number of nitrogens with one attached hydrogen (secondary N) is 1. The van der Waals surface area contributed by atoms with Gasteiger partial charge in [0.1, 0.15) is 0 Å². The van der Waals surface area contributed by atoms with Gasteiger partial charge in [-0.3, -0.25) is 4.18 Å². The van der Waals surface area contributed by atoms with Crippen molar-refractivity contribution >= 4 is 10.1 Å². The molecule has 2 atom stereocenters. The molecule has 0 amide bonds. The Morgan fingerprint density at radius 3 is 2.86 bits per heavy atom.